The average Bonchev–Trinajstić information content (AvgIpc) is 2.84. The molecule has 3 amide bonds. The number of sulfonamides is 1. The van der Waals surface area contributed by atoms with E-state index >= 15 is 0 Å². The van der Waals surface area contributed by atoms with Crippen molar-refractivity contribution in [2.24, 2.45) is 0 Å². The topological polar surface area (TPSA) is 98.8 Å². The molecule has 1 aliphatic heterocycles. The van der Waals surface area contributed by atoms with Crippen molar-refractivity contribution in [3.8, 4) is 0 Å². The van der Waals surface area contributed by atoms with E-state index in [1.807, 2.05) is 12.1 Å². The minimum atomic E-state index is -3.81. The number of hydrogen-bond donors (Lipinski definition) is 2. The second kappa shape index (κ2) is 9.82. The molecule has 178 valence electrons. The van der Waals surface area contributed by atoms with Crippen LogP contribution in [0.1, 0.15) is 23.2 Å². The van der Waals surface area contributed by atoms with Crippen LogP contribution >= 0.6 is 0 Å². The number of carbonyl (C=O) groups excluding carboxylic acids is 2. The Morgan fingerprint density at radius 1 is 0.882 bits per heavy atom. The fraction of sp³-hybridized carbons (Fsp3) is 0.280. The number of carbonyl (C=O) groups is 2. The molecule has 0 radical (unpaired) electrons. The van der Waals surface area contributed by atoms with Crippen molar-refractivity contribution in [3.63, 3.8) is 0 Å². The van der Waals surface area contributed by atoms with Crippen molar-refractivity contribution in [1.82, 2.24) is 14.5 Å². The number of benzene rings is 3. The fourth-order valence-electron chi connectivity index (χ4n) is 4.15. The lowest BCUT2D eigenvalue weighted by Gasteiger charge is -2.33. The van der Waals surface area contributed by atoms with E-state index in [4.69, 9.17) is 0 Å². The molecule has 4 rings (SSSR count). The summed E-state index contributed by atoms with van der Waals surface area (Å²) in [5, 5.41) is 4.06. The predicted molar refractivity (Wildman–Crippen MR) is 132 cm³/mol. The molecule has 1 fully saturated rings. The lowest BCUT2D eigenvalue weighted by atomic mass is 10.1. The van der Waals surface area contributed by atoms with Gasteiger partial charge in [0.25, 0.3) is 5.91 Å². The van der Waals surface area contributed by atoms with Crippen LogP contribution in [0.5, 0.6) is 0 Å². The van der Waals surface area contributed by atoms with E-state index in [-0.39, 0.29) is 22.9 Å². The Morgan fingerprint density at radius 2 is 1.50 bits per heavy atom. The van der Waals surface area contributed by atoms with Gasteiger partial charge in [-0.1, -0.05) is 42.5 Å². The molecular formula is C25H28N4O4S. The molecule has 0 aliphatic carbocycles. The Morgan fingerprint density at radius 3 is 2.15 bits per heavy atom. The standard InChI is InChI=1S/C25H28N4O4S/c1-28(2)25(31)29-16-14-19(15-17-29)27-34(32,33)23-13-12-22(20-10-6-7-11-21(20)23)26-24(30)18-8-4-3-5-9-18/h3-13,19,27H,14-17H2,1-2H3,(H,26,30)/i1-1. The summed E-state index contributed by atoms with van der Waals surface area (Å²) in [6.07, 6.45) is 1.09. The highest BCUT2D eigenvalue weighted by Gasteiger charge is 2.28. The van der Waals surface area contributed by atoms with Gasteiger partial charge in [-0.3, -0.25) is 4.79 Å². The van der Waals surface area contributed by atoms with Crippen LogP contribution in [0.4, 0.5) is 10.5 Å². The maximum absolute atomic E-state index is 13.3. The molecule has 34 heavy (non-hydrogen) atoms. The van der Waals surface area contributed by atoms with Crippen molar-refractivity contribution in [2.75, 3.05) is 32.5 Å². The largest absolute Gasteiger partial charge is 0.331 e. The van der Waals surface area contributed by atoms with Gasteiger partial charge in [0, 0.05) is 55.2 Å². The Labute approximate surface area is 199 Å². The van der Waals surface area contributed by atoms with Gasteiger partial charge in [0.1, 0.15) is 0 Å². The monoisotopic (exact) mass is 479 g/mol. The number of piperidine rings is 1. The molecule has 0 bridgehead atoms. The van der Waals surface area contributed by atoms with Gasteiger partial charge in [-0.15, -0.1) is 0 Å². The van der Waals surface area contributed by atoms with E-state index in [0.717, 1.165) is 0 Å². The molecule has 3 aromatic carbocycles. The zero-order chi connectivity index (χ0) is 24.3. The van der Waals surface area contributed by atoms with Gasteiger partial charge in [-0.05, 0) is 37.1 Å². The van der Waals surface area contributed by atoms with Crippen LogP contribution in [0.2, 0.25) is 0 Å². The normalized spacial score (nSPS) is 14.7. The number of rotatable bonds is 5. The first kappa shape index (κ1) is 23.7. The lowest BCUT2D eigenvalue weighted by Crippen LogP contribution is -2.49. The second-order valence-electron chi connectivity index (χ2n) is 8.54. The van der Waals surface area contributed by atoms with E-state index < -0.39 is 10.0 Å². The van der Waals surface area contributed by atoms with Crippen LogP contribution < -0.4 is 10.0 Å². The molecule has 1 heterocycles. The SMILES string of the molecule is CN([11CH3])C(=O)N1CCC(NS(=O)(=O)c2ccc(NC(=O)c3ccccc3)c3ccccc23)CC1. The Kier molecular flexibility index (Phi) is 6.85. The van der Waals surface area contributed by atoms with Crippen molar-refractivity contribution < 1.29 is 18.0 Å². The fourth-order valence-corrected chi connectivity index (χ4v) is 5.67. The molecule has 0 aromatic heterocycles. The van der Waals surface area contributed by atoms with Gasteiger partial charge in [0.05, 0.1) is 4.90 Å². The van der Waals surface area contributed by atoms with Crippen LogP contribution in [-0.2, 0) is 10.0 Å². The molecule has 9 heteroatoms. The zero-order valence-electron chi connectivity index (χ0n) is 19.2. The molecule has 2 N–H and O–H groups in total. The maximum atomic E-state index is 13.3. The van der Waals surface area contributed by atoms with E-state index in [2.05, 4.69) is 10.0 Å². The summed E-state index contributed by atoms with van der Waals surface area (Å²) in [6, 6.07) is 18.8. The quantitative estimate of drug-likeness (QED) is 0.585. The summed E-state index contributed by atoms with van der Waals surface area (Å²) in [5.74, 6) is -0.265. The molecule has 1 saturated heterocycles. The first-order valence-corrected chi connectivity index (χ1v) is 12.6. The van der Waals surface area contributed by atoms with Gasteiger partial charge >= 0.3 is 6.03 Å². The summed E-state index contributed by atoms with van der Waals surface area (Å²) in [6.45, 7) is 0.991. The van der Waals surface area contributed by atoms with E-state index in [0.29, 0.717) is 48.0 Å². The van der Waals surface area contributed by atoms with Crippen molar-refractivity contribution >= 4 is 38.4 Å². The molecule has 0 unspecified atom stereocenters. The summed E-state index contributed by atoms with van der Waals surface area (Å²) in [7, 11) is -0.409. The minimum Gasteiger partial charge on any atom is -0.331 e. The molecular weight excluding hydrogens is 451 g/mol. The van der Waals surface area contributed by atoms with E-state index in [9.17, 15) is 18.0 Å². The number of fused-ring (bicyclic) bond motifs is 1. The summed E-state index contributed by atoms with van der Waals surface area (Å²) in [4.78, 5) is 28.2. The average molecular weight is 480 g/mol. The highest BCUT2D eigenvalue weighted by atomic mass is 32.2. The highest BCUT2D eigenvalue weighted by molar-refractivity contribution is 7.89. The third kappa shape index (κ3) is 5.05. The molecule has 3 aromatic rings. The predicted octanol–water partition coefficient (Wildman–Crippen LogP) is 3.52. The molecule has 1 aliphatic rings. The third-order valence-corrected chi connectivity index (χ3v) is 7.51. The first-order valence-electron chi connectivity index (χ1n) is 11.1. The van der Waals surface area contributed by atoms with Gasteiger partial charge < -0.3 is 15.1 Å². The number of amides is 3. The maximum Gasteiger partial charge on any atom is 0.319 e. The molecule has 8 nitrogen and oxygen atoms in total. The van der Waals surface area contributed by atoms with Gasteiger partial charge in [0.2, 0.25) is 10.0 Å². The Bertz CT molecular complexity index is 1300. The van der Waals surface area contributed by atoms with E-state index in [1.165, 1.54) is 11.0 Å². The summed E-state index contributed by atoms with van der Waals surface area (Å²) >= 11 is 0. The molecule has 0 spiro atoms. The van der Waals surface area contributed by atoms with Crippen LogP contribution in [-0.4, -0.2) is 63.4 Å². The Balaban J connectivity index is 1.55. The number of urea groups is 1. The van der Waals surface area contributed by atoms with Crippen LogP contribution in [0.25, 0.3) is 10.8 Å². The Hall–Kier alpha value is -3.43. The van der Waals surface area contributed by atoms with E-state index in [1.54, 1.807) is 67.5 Å². The lowest BCUT2D eigenvalue weighted by molar-refractivity contribution is 0.102. The van der Waals surface area contributed by atoms with Gasteiger partial charge in [-0.25, -0.2) is 17.9 Å². The number of likely N-dealkylation sites (tertiary alicyclic amines) is 1. The molecule has 0 saturated carbocycles. The van der Waals surface area contributed by atoms with Crippen molar-refractivity contribution in [1.29, 1.82) is 0 Å². The molecule has 0 atom stereocenters. The van der Waals surface area contributed by atoms with Crippen LogP contribution in [0, 0.1) is 0 Å². The van der Waals surface area contributed by atoms with Gasteiger partial charge in [-0.2, -0.15) is 0 Å². The van der Waals surface area contributed by atoms with Crippen LogP contribution in [0.3, 0.4) is 0 Å². The smallest absolute Gasteiger partial charge is 0.319 e. The van der Waals surface area contributed by atoms with Crippen molar-refractivity contribution in [2.45, 2.75) is 23.8 Å². The van der Waals surface area contributed by atoms with Crippen LogP contribution in [0.15, 0.2) is 71.6 Å². The summed E-state index contributed by atoms with van der Waals surface area (Å²) < 4.78 is 29.4. The number of nitrogens with zero attached hydrogens (tertiary/aromatic N) is 2. The second-order valence-corrected chi connectivity index (χ2v) is 10.2. The zero-order valence-corrected chi connectivity index (χ0v) is 20.0. The third-order valence-electron chi connectivity index (χ3n) is 5.93. The number of hydrogen-bond acceptors (Lipinski definition) is 4. The minimum absolute atomic E-state index is 0.0690. The highest BCUT2D eigenvalue weighted by Crippen LogP contribution is 2.30. The van der Waals surface area contributed by atoms with Crippen molar-refractivity contribution in [3.05, 3.63) is 72.3 Å². The number of anilines is 1. The first-order chi connectivity index (χ1) is 16.3. The summed E-state index contributed by atoms with van der Waals surface area (Å²) in [5.41, 5.74) is 1.06. The number of nitrogens with one attached hydrogen (secondary N) is 2. The van der Waals surface area contributed by atoms with Gasteiger partial charge in [0.15, 0.2) is 0 Å².